The van der Waals surface area contributed by atoms with Crippen LogP contribution in [-0.2, 0) is 6.54 Å². The average Bonchev–Trinajstić information content (AvgIpc) is 2.45. The SMILES string of the molecule is CCN1CCN(c2ncc(CNC(C)(C)C)cc2C)CC1. The van der Waals surface area contributed by atoms with Crippen molar-refractivity contribution in [3.05, 3.63) is 23.4 Å². The van der Waals surface area contributed by atoms with E-state index in [0.29, 0.717) is 0 Å². The van der Waals surface area contributed by atoms with Crippen LogP contribution in [0.3, 0.4) is 0 Å². The Morgan fingerprint density at radius 3 is 2.38 bits per heavy atom. The van der Waals surface area contributed by atoms with Gasteiger partial charge in [0.2, 0.25) is 0 Å². The Kier molecular flexibility index (Phi) is 5.22. The predicted molar refractivity (Wildman–Crippen MR) is 89.9 cm³/mol. The van der Waals surface area contributed by atoms with Gasteiger partial charge in [-0.25, -0.2) is 4.98 Å². The molecule has 0 radical (unpaired) electrons. The van der Waals surface area contributed by atoms with Gasteiger partial charge in [-0.1, -0.05) is 6.92 Å². The van der Waals surface area contributed by atoms with Crippen LogP contribution in [0.4, 0.5) is 5.82 Å². The van der Waals surface area contributed by atoms with Crippen LogP contribution >= 0.6 is 0 Å². The number of hydrogen-bond donors (Lipinski definition) is 1. The summed E-state index contributed by atoms with van der Waals surface area (Å²) in [7, 11) is 0. The van der Waals surface area contributed by atoms with Crippen LogP contribution < -0.4 is 10.2 Å². The lowest BCUT2D eigenvalue weighted by Gasteiger charge is -2.35. The number of likely N-dealkylation sites (N-methyl/N-ethyl adjacent to an activating group) is 1. The lowest BCUT2D eigenvalue weighted by molar-refractivity contribution is 0.270. The quantitative estimate of drug-likeness (QED) is 0.923. The number of aromatic nitrogens is 1. The van der Waals surface area contributed by atoms with Crippen molar-refractivity contribution in [2.75, 3.05) is 37.6 Å². The van der Waals surface area contributed by atoms with Crippen molar-refractivity contribution in [1.82, 2.24) is 15.2 Å². The van der Waals surface area contributed by atoms with E-state index in [-0.39, 0.29) is 5.54 Å². The van der Waals surface area contributed by atoms with Crippen molar-refractivity contribution < 1.29 is 0 Å². The first kappa shape index (κ1) is 16.2. The molecule has 0 aliphatic carbocycles. The molecule has 0 spiro atoms. The lowest BCUT2D eigenvalue weighted by Crippen LogP contribution is -2.46. The molecule has 1 aromatic rings. The number of nitrogens with one attached hydrogen (secondary N) is 1. The van der Waals surface area contributed by atoms with Crippen LogP contribution in [0.15, 0.2) is 12.3 Å². The second-order valence-electron chi connectivity index (χ2n) is 7.01. The topological polar surface area (TPSA) is 31.4 Å². The molecule has 118 valence electrons. The summed E-state index contributed by atoms with van der Waals surface area (Å²) in [6.07, 6.45) is 2.02. The number of nitrogens with zero attached hydrogens (tertiary/aromatic N) is 3. The summed E-state index contributed by atoms with van der Waals surface area (Å²) < 4.78 is 0. The molecule has 2 heterocycles. The molecule has 4 heteroatoms. The molecule has 1 fully saturated rings. The molecule has 0 saturated carbocycles. The Balaban J connectivity index is 1.99. The summed E-state index contributed by atoms with van der Waals surface area (Å²) in [5, 5.41) is 3.52. The maximum absolute atomic E-state index is 4.72. The Labute approximate surface area is 129 Å². The Morgan fingerprint density at radius 1 is 1.19 bits per heavy atom. The molecule has 2 rings (SSSR count). The van der Waals surface area contributed by atoms with E-state index in [0.717, 1.165) is 45.1 Å². The number of piperazine rings is 1. The van der Waals surface area contributed by atoms with Gasteiger partial charge in [-0.3, -0.25) is 0 Å². The number of rotatable bonds is 4. The van der Waals surface area contributed by atoms with Crippen molar-refractivity contribution >= 4 is 5.82 Å². The third kappa shape index (κ3) is 4.68. The molecular weight excluding hydrogens is 260 g/mol. The first-order valence-electron chi connectivity index (χ1n) is 8.07. The number of pyridine rings is 1. The van der Waals surface area contributed by atoms with Crippen LogP contribution in [0.2, 0.25) is 0 Å². The van der Waals surface area contributed by atoms with Crippen LogP contribution in [-0.4, -0.2) is 48.1 Å². The molecule has 1 aromatic heterocycles. The zero-order chi connectivity index (χ0) is 15.5. The summed E-state index contributed by atoms with van der Waals surface area (Å²) >= 11 is 0. The minimum absolute atomic E-state index is 0.142. The zero-order valence-corrected chi connectivity index (χ0v) is 14.2. The van der Waals surface area contributed by atoms with Gasteiger partial charge in [-0.05, 0) is 51.4 Å². The summed E-state index contributed by atoms with van der Waals surface area (Å²) in [6, 6.07) is 2.27. The van der Waals surface area contributed by atoms with Crippen LogP contribution in [0.25, 0.3) is 0 Å². The highest BCUT2D eigenvalue weighted by atomic mass is 15.3. The number of hydrogen-bond acceptors (Lipinski definition) is 4. The monoisotopic (exact) mass is 290 g/mol. The molecule has 0 aromatic carbocycles. The molecule has 1 saturated heterocycles. The first-order chi connectivity index (χ1) is 9.89. The van der Waals surface area contributed by atoms with Gasteiger partial charge >= 0.3 is 0 Å². The van der Waals surface area contributed by atoms with E-state index in [4.69, 9.17) is 4.98 Å². The van der Waals surface area contributed by atoms with Gasteiger partial charge in [-0.2, -0.15) is 0 Å². The maximum atomic E-state index is 4.72. The predicted octanol–water partition coefficient (Wildman–Crippen LogP) is 2.42. The fourth-order valence-corrected chi connectivity index (χ4v) is 2.70. The van der Waals surface area contributed by atoms with Gasteiger partial charge in [0, 0.05) is 44.5 Å². The van der Waals surface area contributed by atoms with Crippen molar-refractivity contribution in [3.63, 3.8) is 0 Å². The van der Waals surface area contributed by atoms with E-state index < -0.39 is 0 Å². The molecule has 21 heavy (non-hydrogen) atoms. The van der Waals surface area contributed by atoms with Gasteiger partial charge in [0.25, 0.3) is 0 Å². The van der Waals surface area contributed by atoms with Crippen molar-refractivity contribution in [2.24, 2.45) is 0 Å². The summed E-state index contributed by atoms with van der Waals surface area (Å²) in [4.78, 5) is 9.63. The molecule has 1 aliphatic heterocycles. The fourth-order valence-electron chi connectivity index (χ4n) is 2.70. The van der Waals surface area contributed by atoms with Crippen molar-refractivity contribution in [1.29, 1.82) is 0 Å². The van der Waals surface area contributed by atoms with Crippen molar-refractivity contribution in [3.8, 4) is 0 Å². The molecule has 1 aliphatic rings. The summed E-state index contributed by atoms with van der Waals surface area (Å²) in [5.41, 5.74) is 2.69. The third-order valence-corrected chi connectivity index (χ3v) is 4.05. The van der Waals surface area contributed by atoms with Gasteiger partial charge in [-0.15, -0.1) is 0 Å². The second kappa shape index (κ2) is 6.75. The Bertz CT molecular complexity index is 456. The minimum Gasteiger partial charge on any atom is -0.354 e. The van der Waals surface area contributed by atoms with Gasteiger partial charge < -0.3 is 15.1 Å². The Morgan fingerprint density at radius 2 is 1.86 bits per heavy atom. The van der Waals surface area contributed by atoms with Crippen LogP contribution in [0.5, 0.6) is 0 Å². The molecular formula is C17H30N4. The largest absolute Gasteiger partial charge is 0.354 e. The van der Waals surface area contributed by atoms with Crippen LogP contribution in [0.1, 0.15) is 38.8 Å². The second-order valence-corrected chi connectivity index (χ2v) is 7.01. The van der Waals surface area contributed by atoms with Gasteiger partial charge in [0.1, 0.15) is 5.82 Å². The standard InChI is InChI=1S/C17H30N4/c1-6-20-7-9-21(10-8-20)16-14(2)11-15(12-18-16)13-19-17(3,4)5/h11-12,19H,6-10,13H2,1-5H3. The minimum atomic E-state index is 0.142. The van der Waals surface area contributed by atoms with Crippen molar-refractivity contribution in [2.45, 2.75) is 46.7 Å². The highest BCUT2D eigenvalue weighted by Gasteiger charge is 2.18. The first-order valence-corrected chi connectivity index (χ1v) is 8.07. The zero-order valence-electron chi connectivity index (χ0n) is 14.2. The van der Waals surface area contributed by atoms with E-state index >= 15 is 0 Å². The normalized spacial score (nSPS) is 17.3. The fraction of sp³-hybridized carbons (Fsp3) is 0.706. The molecule has 0 atom stereocenters. The summed E-state index contributed by atoms with van der Waals surface area (Å²) in [5.74, 6) is 1.16. The van der Waals surface area contributed by atoms with Crippen LogP contribution in [0, 0.1) is 6.92 Å². The molecule has 4 nitrogen and oxygen atoms in total. The highest BCUT2D eigenvalue weighted by Crippen LogP contribution is 2.19. The maximum Gasteiger partial charge on any atom is 0.131 e. The Hall–Kier alpha value is -1.13. The lowest BCUT2D eigenvalue weighted by atomic mass is 10.1. The van der Waals surface area contributed by atoms with E-state index in [1.54, 1.807) is 0 Å². The molecule has 0 amide bonds. The molecule has 0 bridgehead atoms. The van der Waals surface area contributed by atoms with E-state index in [2.05, 4.69) is 55.8 Å². The number of anilines is 1. The third-order valence-electron chi connectivity index (χ3n) is 4.05. The average molecular weight is 290 g/mol. The molecule has 1 N–H and O–H groups in total. The van der Waals surface area contributed by atoms with E-state index in [1.807, 2.05) is 6.20 Å². The van der Waals surface area contributed by atoms with Gasteiger partial charge in [0.05, 0.1) is 0 Å². The smallest absolute Gasteiger partial charge is 0.131 e. The summed E-state index contributed by atoms with van der Waals surface area (Å²) in [6.45, 7) is 17.5. The van der Waals surface area contributed by atoms with E-state index in [9.17, 15) is 0 Å². The van der Waals surface area contributed by atoms with Gasteiger partial charge in [0.15, 0.2) is 0 Å². The highest BCUT2D eigenvalue weighted by molar-refractivity contribution is 5.47. The molecule has 0 unspecified atom stereocenters. The number of aryl methyl sites for hydroxylation is 1. The van der Waals surface area contributed by atoms with E-state index in [1.165, 1.54) is 11.1 Å².